The van der Waals surface area contributed by atoms with E-state index in [0.717, 1.165) is 53.8 Å². The van der Waals surface area contributed by atoms with E-state index in [-0.39, 0.29) is 5.97 Å². The van der Waals surface area contributed by atoms with Gasteiger partial charge in [-0.3, -0.25) is 9.88 Å². The van der Waals surface area contributed by atoms with Crippen LogP contribution in [0.2, 0.25) is 0 Å². The van der Waals surface area contributed by atoms with Gasteiger partial charge < -0.3 is 9.64 Å². The molecule has 1 aliphatic rings. The molecule has 150 valence electrons. The molecule has 1 aliphatic heterocycles. The minimum atomic E-state index is -0.316. The third-order valence-corrected chi connectivity index (χ3v) is 5.89. The molecule has 1 fully saturated rings. The van der Waals surface area contributed by atoms with Crippen LogP contribution >= 0.6 is 15.9 Å². The van der Waals surface area contributed by atoms with Crippen LogP contribution in [0.3, 0.4) is 0 Å². The Bertz CT molecular complexity index is 1000. The fourth-order valence-electron chi connectivity index (χ4n) is 3.84. The van der Waals surface area contributed by atoms with Crippen LogP contribution in [0.5, 0.6) is 0 Å². The van der Waals surface area contributed by atoms with Crippen LogP contribution in [0.4, 0.5) is 5.69 Å². The fourth-order valence-corrected chi connectivity index (χ4v) is 4.31. The first kappa shape index (κ1) is 19.9. The molecule has 0 N–H and O–H groups in total. The van der Waals surface area contributed by atoms with E-state index in [9.17, 15) is 4.79 Å². The molecule has 29 heavy (non-hydrogen) atoms. The van der Waals surface area contributed by atoms with Crippen LogP contribution in [-0.4, -0.2) is 48.6 Å². The van der Waals surface area contributed by atoms with Crippen LogP contribution in [0.15, 0.2) is 59.2 Å². The number of fused-ring (bicyclic) bond motifs is 1. The second kappa shape index (κ2) is 8.93. The molecule has 2 heterocycles. The first-order chi connectivity index (χ1) is 14.2. The molecule has 0 amide bonds. The lowest BCUT2D eigenvalue weighted by molar-refractivity contribution is 0.0526. The Hall–Kier alpha value is -2.44. The highest BCUT2D eigenvalue weighted by atomic mass is 79.9. The van der Waals surface area contributed by atoms with Gasteiger partial charge in [0.25, 0.3) is 0 Å². The molecule has 1 saturated heterocycles. The number of nitrogens with zero attached hydrogens (tertiary/aromatic N) is 3. The molecule has 4 rings (SSSR count). The number of benzene rings is 2. The molecule has 3 aromatic rings. The second-order valence-electron chi connectivity index (χ2n) is 7.13. The Morgan fingerprint density at radius 2 is 1.83 bits per heavy atom. The van der Waals surface area contributed by atoms with E-state index in [2.05, 4.69) is 55.0 Å². The predicted molar refractivity (Wildman–Crippen MR) is 119 cm³/mol. The molecular formula is C23H24BrN3O2. The molecule has 2 aromatic carbocycles. The number of rotatable bonds is 5. The number of carbonyl (C=O) groups excluding carboxylic acids is 1. The Kier molecular flexibility index (Phi) is 6.11. The number of ether oxygens (including phenoxy) is 1. The van der Waals surface area contributed by atoms with Gasteiger partial charge in [-0.1, -0.05) is 42.5 Å². The van der Waals surface area contributed by atoms with Gasteiger partial charge in [-0.2, -0.15) is 0 Å². The standard InChI is InChI=1S/C23H24BrN3O2/c1-2-29-23(28)19-15-25-21-18(9-6-10-20(21)24)22(19)27-13-11-26(12-14-27)16-17-7-4-3-5-8-17/h3-10,15H,2,11-14,16H2,1H3. The minimum absolute atomic E-state index is 0.316. The van der Waals surface area contributed by atoms with Crippen LogP contribution < -0.4 is 4.90 Å². The van der Waals surface area contributed by atoms with Crippen molar-refractivity contribution in [1.29, 1.82) is 0 Å². The van der Waals surface area contributed by atoms with Crippen LogP contribution in [-0.2, 0) is 11.3 Å². The van der Waals surface area contributed by atoms with E-state index >= 15 is 0 Å². The van der Waals surface area contributed by atoms with E-state index in [1.165, 1.54) is 5.56 Å². The number of carbonyl (C=O) groups is 1. The van der Waals surface area contributed by atoms with Gasteiger partial charge in [-0.25, -0.2) is 4.79 Å². The van der Waals surface area contributed by atoms with Crippen molar-refractivity contribution in [2.24, 2.45) is 0 Å². The van der Waals surface area contributed by atoms with E-state index in [1.807, 2.05) is 31.2 Å². The van der Waals surface area contributed by atoms with Crippen molar-refractivity contribution in [3.05, 3.63) is 70.3 Å². The van der Waals surface area contributed by atoms with E-state index in [0.29, 0.717) is 12.2 Å². The highest BCUT2D eigenvalue weighted by Crippen LogP contribution is 2.34. The van der Waals surface area contributed by atoms with Crippen molar-refractivity contribution < 1.29 is 9.53 Å². The number of aromatic nitrogens is 1. The summed E-state index contributed by atoms with van der Waals surface area (Å²) in [7, 11) is 0. The molecule has 5 nitrogen and oxygen atoms in total. The lowest BCUT2D eigenvalue weighted by atomic mass is 10.1. The number of hydrogen-bond donors (Lipinski definition) is 0. The van der Waals surface area contributed by atoms with Gasteiger partial charge in [0.2, 0.25) is 0 Å². The average Bonchev–Trinajstić information content (AvgIpc) is 2.75. The fraction of sp³-hybridized carbons (Fsp3) is 0.304. The SMILES string of the molecule is CCOC(=O)c1cnc2c(Br)cccc2c1N1CCN(Cc2ccccc2)CC1. The van der Waals surface area contributed by atoms with Crippen LogP contribution in [0, 0.1) is 0 Å². The smallest absolute Gasteiger partial charge is 0.341 e. The van der Waals surface area contributed by atoms with Gasteiger partial charge in [0.15, 0.2) is 0 Å². The molecule has 0 bridgehead atoms. The van der Waals surface area contributed by atoms with E-state index in [4.69, 9.17) is 4.74 Å². The molecule has 0 unspecified atom stereocenters. The number of anilines is 1. The van der Waals surface area contributed by atoms with Crippen molar-refractivity contribution in [1.82, 2.24) is 9.88 Å². The third kappa shape index (κ3) is 4.28. The van der Waals surface area contributed by atoms with Gasteiger partial charge in [0.1, 0.15) is 5.56 Å². The molecule has 6 heteroatoms. The van der Waals surface area contributed by atoms with E-state index < -0.39 is 0 Å². The zero-order valence-electron chi connectivity index (χ0n) is 16.5. The molecular weight excluding hydrogens is 430 g/mol. The zero-order chi connectivity index (χ0) is 20.2. The third-order valence-electron chi connectivity index (χ3n) is 5.25. The van der Waals surface area contributed by atoms with Crippen LogP contribution in [0.25, 0.3) is 10.9 Å². The summed E-state index contributed by atoms with van der Waals surface area (Å²) in [6.45, 7) is 6.70. The summed E-state index contributed by atoms with van der Waals surface area (Å²) in [5.41, 5.74) is 3.65. The molecule has 0 radical (unpaired) electrons. The first-order valence-electron chi connectivity index (χ1n) is 9.93. The summed E-state index contributed by atoms with van der Waals surface area (Å²) in [5, 5.41) is 0.974. The largest absolute Gasteiger partial charge is 0.462 e. The summed E-state index contributed by atoms with van der Waals surface area (Å²) in [6, 6.07) is 16.5. The monoisotopic (exact) mass is 453 g/mol. The predicted octanol–water partition coefficient (Wildman–Crippen LogP) is 4.50. The zero-order valence-corrected chi connectivity index (χ0v) is 18.1. The van der Waals surface area contributed by atoms with Gasteiger partial charge >= 0.3 is 5.97 Å². The lowest BCUT2D eigenvalue weighted by Gasteiger charge is -2.37. The normalized spacial score (nSPS) is 14.9. The van der Waals surface area contributed by atoms with Gasteiger partial charge in [-0.15, -0.1) is 0 Å². The number of halogens is 1. The summed E-state index contributed by atoms with van der Waals surface area (Å²) in [6.07, 6.45) is 1.65. The number of hydrogen-bond acceptors (Lipinski definition) is 5. The van der Waals surface area contributed by atoms with Crippen molar-refractivity contribution >= 4 is 38.5 Å². The average molecular weight is 454 g/mol. The first-order valence-corrected chi connectivity index (χ1v) is 10.7. The highest BCUT2D eigenvalue weighted by Gasteiger charge is 2.25. The Morgan fingerprint density at radius 1 is 1.07 bits per heavy atom. The Labute approximate surface area is 179 Å². The number of para-hydroxylation sites is 1. The maximum atomic E-state index is 12.6. The Morgan fingerprint density at radius 3 is 2.55 bits per heavy atom. The summed E-state index contributed by atoms with van der Waals surface area (Å²) >= 11 is 3.59. The van der Waals surface area contributed by atoms with Gasteiger partial charge in [-0.05, 0) is 34.5 Å². The highest BCUT2D eigenvalue weighted by molar-refractivity contribution is 9.10. The number of piperazine rings is 1. The molecule has 1 aromatic heterocycles. The maximum Gasteiger partial charge on any atom is 0.341 e. The summed E-state index contributed by atoms with van der Waals surface area (Å²) in [4.78, 5) is 21.9. The van der Waals surface area contributed by atoms with E-state index in [1.54, 1.807) is 6.20 Å². The summed E-state index contributed by atoms with van der Waals surface area (Å²) in [5.74, 6) is -0.316. The Balaban J connectivity index is 1.62. The lowest BCUT2D eigenvalue weighted by Crippen LogP contribution is -2.46. The number of esters is 1. The molecule has 0 aliphatic carbocycles. The van der Waals surface area contributed by atoms with Crippen molar-refractivity contribution in [3.8, 4) is 0 Å². The van der Waals surface area contributed by atoms with Crippen LogP contribution in [0.1, 0.15) is 22.8 Å². The molecule has 0 atom stereocenters. The van der Waals surface area contributed by atoms with Gasteiger partial charge in [0.05, 0.1) is 17.8 Å². The summed E-state index contributed by atoms with van der Waals surface area (Å²) < 4.78 is 6.24. The van der Waals surface area contributed by atoms with Crippen molar-refractivity contribution in [3.63, 3.8) is 0 Å². The number of pyridine rings is 1. The van der Waals surface area contributed by atoms with Crippen molar-refractivity contribution in [2.75, 3.05) is 37.7 Å². The maximum absolute atomic E-state index is 12.6. The topological polar surface area (TPSA) is 45.7 Å². The molecule has 0 saturated carbocycles. The second-order valence-corrected chi connectivity index (χ2v) is 7.98. The molecule has 0 spiro atoms. The quantitative estimate of drug-likeness (QED) is 0.532. The van der Waals surface area contributed by atoms with Crippen molar-refractivity contribution in [2.45, 2.75) is 13.5 Å². The van der Waals surface area contributed by atoms with Gasteiger partial charge in [0, 0.05) is 48.8 Å². The minimum Gasteiger partial charge on any atom is -0.462 e.